The molecule has 1 aliphatic heterocycles. The second kappa shape index (κ2) is 10.1. The number of halogens is 3. The quantitative estimate of drug-likeness (QED) is 0.496. The first-order valence-corrected chi connectivity index (χ1v) is 11.5. The van der Waals surface area contributed by atoms with E-state index in [4.69, 9.17) is 14.6 Å². The lowest BCUT2D eigenvalue weighted by molar-refractivity contribution is -0.139. The fourth-order valence-electron chi connectivity index (χ4n) is 3.04. The van der Waals surface area contributed by atoms with Gasteiger partial charge in [-0.3, -0.25) is 4.99 Å². The highest BCUT2D eigenvalue weighted by molar-refractivity contribution is 8.16. The zero-order valence-corrected chi connectivity index (χ0v) is 19.2. The Morgan fingerprint density at radius 3 is 2.50 bits per heavy atom. The first kappa shape index (κ1) is 24.3. The van der Waals surface area contributed by atoms with Crippen molar-refractivity contribution in [2.45, 2.75) is 36.2 Å². The molecule has 0 fully saturated rings. The third kappa shape index (κ3) is 5.92. The van der Waals surface area contributed by atoms with E-state index < -0.39 is 24.3 Å². The normalized spacial score (nSPS) is 18.4. The molecule has 0 spiro atoms. The molecular weight excluding hydrogens is 463 g/mol. The first-order valence-electron chi connectivity index (χ1n) is 9.66. The van der Waals surface area contributed by atoms with Crippen LogP contribution in [0.15, 0.2) is 46.3 Å². The zero-order chi connectivity index (χ0) is 23.5. The number of hydrogen-bond acceptors (Lipinski definition) is 6. The minimum atomic E-state index is -4.36. The number of nitrogens with zero attached hydrogens (tertiary/aromatic N) is 1. The monoisotopic (exact) mass is 485 g/mol. The summed E-state index contributed by atoms with van der Waals surface area (Å²) in [6.45, 7) is 3.39. The molecule has 1 heterocycles. The van der Waals surface area contributed by atoms with Crippen LogP contribution >= 0.6 is 23.5 Å². The van der Waals surface area contributed by atoms with Gasteiger partial charge < -0.3 is 14.6 Å². The number of aryl methyl sites for hydroxylation is 1. The van der Waals surface area contributed by atoms with E-state index in [1.165, 1.54) is 19.2 Å². The number of hydrogen-bond donors (Lipinski definition) is 1. The smallest absolute Gasteiger partial charge is 0.416 e. The Hall–Kier alpha value is -2.33. The SMILES string of the molecule is COc1cc(OCC(=O)O)c(C)cc1SCC1SC(c2ccc(C(F)(F)F)cc2)=NC1C. The third-order valence-electron chi connectivity index (χ3n) is 4.80. The van der Waals surface area contributed by atoms with Crippen molar-refractivity contribution in [3.8, 4) is 11.5 Å². The number of methoxy groups -OCH3 is 1. The van der Waals surface area contributed by atoms with Crippen molar-refractivity contribution in [1.29, 1.82) is 0 Å². The van der Waals surface area contributed by atoms with Crippen molar-refractivity contribution in [2.75, 3.05) is 19.5 Å². The summed E-state index contributed by atoms with van der Waals surface area (Å²) in [5.74, 6) is 0.688. The summed E-state index contributed by atoms with van der Waals surface area (Å²) in [5, 5.41) is 9.68. The number of carboxylic acid groups (broad SMARTS) is 1. The number of carboxylic acids is 1. The van der Waals surface area contributed by atoms with Gasteiger partial charge in [0.2, 0.25) is 0 Å². The summed E-state index contributed by atoms with van der Waals surface area (Å²) < 4.78 is 49.1. The van der Waals surface area contributed by atoms with Crippen LogP contribution in [0, 0.1) is 6.92 Å². The molecule has 2 unspecified atom stereocenters. The Morgan fingerprint density at radius 1 is 1.22 bits per heavy atom. The van der Waals surface area contributed by atoms with E-state index >= 15 is 0 Å². The van der Waals surface area contributed by atoms with E-state index in [0.717, 1.165) is 27.6 Å². The summed E-state index contributed by atoms with van der Waals surface area (Å²) in [6, 6.07) is 8.64. The van der Waals surface area contributed by atoms with Gasteiger partial charge in [0, 0.05) is 27.5 Å². The van der Waals surface area contributed by atoms with E-state index in [1.54, 1.807) is 29.6 Å². The van der Waals surface area contributed by atoms with Crippen molar-refractivity contribution in [1.82, 2.24) is 0 Å². The molecule has 32 heavy (non-hydrogen) atoms. The van der Waals surface area contributed by atoms with Crippen LogP contribution in [-0.2, 0) is 11.0 Å². The molecule has 0 bridgehead atoms. The molecule has 2 atom stereocenters. The van der Waals surface area contributed by atoms with Crippen molar-refractivity contribution in [3.05, 3.63) is 53.1 Å². The predicted octanol–water partition coefficient (Wildman–Crippen LogP) is 5.53. The number of aliphatic imine (C=N–C) groups is 1. The summed E-state index contributed by atoms with van der Waals surface area (Å²) in [7, 11) is 1.54. The van der Waals surface area contributed by atoms with Gasteiger partial charge >= 0.3 is 12.1 Å². The number of benzene rings is 2. The fraction of sp³-hybridized carbons (Fsp3) is 0.364. The number of rotatable bonds is 8. The van der Waals surface area contributed by atoms with Crippen LogP contribution in [0.25, 0.3) is 0 Å². The lowest BCUT2D eigenvalue weighted by Gasteiger charge is -2.16. The fourth-order valence-corrected chi connectivity index (χ4v) is 5.73. The van der Waals surface area contributed by atoms with E-state index in [-0.39, 0.29) is 11.3 Å². The van der Waals surface area contributed by atoms with Crippen molar-refractivity contribution in [2.24, 2.45) is 4.99 Å². The first-order chi connectivity index (χ1) is 15.1. The van der Waals surface area contributed by atoms with Gasteiger partial charge in [-0.2, -0.15) is 13.2 Å². The molecular formula is C22H22F3NO4S2. The van der Waals surface area contributed by atoms with Gasteiger partial charge in [0.1, 0.15) is 11.5 Å². The average Bonchev–Trinajstić information content (AvgIpc) is 3.11. The van der Waals surface area contributed by atoms with E-state index in [9.17, 15) is 18.0 Å². The minimum absolute atomic E-state index is 0.00931. The van der Waals surface area contributed by atoms with Crippen molar-refractivity contribution in [3.63, 3.8) is 0 Å². The van der Waals surface area contributed by atoms with Gasteiger partial charge in [-0.25, -0.2) is 4.79 Å². The van der Waals surface area contributed by atoms with Gasteiger partial charge in [-0.1, -0.05) is 23.9 Å². The Labute approximate surface area is 192 Å². The largest absolute Gasteiger partial charge is 0.495 e. The Kier molecular flexibility index (Phi) is 7.66. The summed E-state index contributed by atoms with van der Waals surface area (Å²) in [5.41, 5.74) is 0.794. The molecule has 0 amide bonds. The Balaban J connectivity index is 1.65. The lowest BCUT2D eigenvalue weighted by atomic mass is 10.1. The maximum atomic E-state index is 12.8. The standard InChI is InChI=1S/C22H22F3NO4S2/c1-12-8-18(17(29-3)9-16(12)30-10-20(27)28)31-11-19-13(2)26-21(32-19)14-4-6-15(7-5-14)22(23,24)25/h4-9,13,19H,10-11H2,1-3H3,(H,27,28). The van der Waals surface area contributed by atoms with Crippen LogP contribution in [0.1, 0.15) is 23.6 Å². The number of aliphatic carboxylic acids is 1. The highest BCUT2D eigenvalue weighted by Gasteiger charge is 2.31. The minimum Gasteiger partial charge on any atom is -0.495 e. The van der Waals surface area contributed by atoms with Crippen molar-refractivity contribution < 1.29 is 32.5 Å². The second-order valence-electron chi connectivity index (χ2n) is 7.17. The van der Waals surface area contributed by atoms with Gasteiger partial charge in [0.15, 0.2) is 6.61 Å². The van der Waals surface area contributed by atoms with Crippen LogP contribution in [0.3, 0.4) is 0 Å². The highest BCUT2D eigenvalue weighted by Crippen LogP contribution is 2.40. The van der Waals surface area contributed by atoms with Gasteiger partial charge in [-0.05, 0) is 37.6 Å². The predicted molar refractivity (Wildman–Crippen MR) is 120 cm³/mol. The van der Waals surface area contributed by atoms with Crippen LogP contribution in [-0.4, -0.2) is 46.9 Å². The summed E-state index contributed by atoms with van der Waals surface area (Å²) in [6.07, 6.45) is -4.36. The van der Waals surface area contributed by atoms with E-state index in [0.29, 0.717) is 22.8 Å². The molecule has 3 rings (SSSR count). The second-order valence-corrected chi connectivity index (χ2v) is 9.46. The number of ether oxygens (including phenoxy) is 2. The molecule has 0 aromatic heterocycles. The summed E-state index contributed by atoms with van der Waals surface area (Å²) >= 11 is 3.14. The van der Waals surface area contributed by atoms with Crippen molar-refractivity contribution >= 4 is 34.5 Å². The maximum absolute atomic E-state index is 12.8. The molecule has 10 heteroatoms. The molecule has 0 saturated heterocycles. The van der Waals surface area contributed by atoms with E-state index in [1.807, 2.05) is 19.9 Å². The average molecular weight is 486 g/mol. The molecule has 1 aliphatic rings. The molecule has 0 aliphatic carbocycles. The van der Waals surface area contributed by atoms with Crippen LogP contribution in [0.4, 0.5) is 13.2 Å². The number of carbonyl (C=O) groups is 1. The van der Waals surface area contributed by atoms with E-state index in [2.05, 4.69) is 4.99 Å². The molecule has 2 aromatic rings. The maximum Gasteiger partial charge on any atom is 0.416 e. The number of thioether (sulfide) groups is 2. The third-order valence-corrected chi connectivity index (χ3v) is 7.59. The molecule has 1 N–H and O–H groups in total. The zero-order valence-electron chi connectivity index (χ0n) is 17.6. The number of alkyl halides is 3. The van der Waals surface area contributed by atoms with Gasteiger partial charge in [0.05, 0.1) is 23.8 Å². The highest BCUT2D eigenvalue weighted by atomic mass is 32.2. The summed E-state index contributed by atoms with van der Waals surface area (Å²) in [4.78, 5) is 16.3. The molecule has 172 valence electrons. The lowest BCUT2D eigenvalue weighted by Crippen LogP contribution is -2.16. The molecule has 5 nitrogen and oxygen atoms in total. The van der Waals surface area contributed by atoms with Crippen LogP contribution < -0.4 is 9.47 Å². The Bertz CT molecular complexity index is 1010. The Morgan fingerprint density at radius 2 is 1.91 bits per heavy atom. The van der Waals surface area contributed by atoms with Gasteiger partial charge in [-0.15, -0.1) is 11.8 Å². The van der Waals surface area contributed by atoms with Gasteiger partial charge in [0.25, 0.3) is 0 Å². The molecule has 0 radical (unpaired) electrons. The van der Waals surface area contributed by atoms with Crippen LogP contribution in [0.2, 0.25) is 0 Å². The molecule has 0 saturated carbocycles. The molecule has 2 aromatic carbocycles. The van der Waals surface area contributed by atoms with Crippen LogP contribution in [0.5, 0.6) is 11.5 Å². The topological polar surface area (TPSA) is 68.1 Å².